The molecule has 1 unspecified atom stereocenters. The number of rotatable bonds is 2. The molecule has 3 rings (SSSR count). The second-order valence-corrected chi connectivity index (χ2v) is 4.84. The highest BCUT2D eigenvalue weighted by molar-refractivity contribution is 6.39. The lowest BCUT2D eigenvalue weighted by Crippen LogP contribution is -2.25. The summed E-state index contributed by atoms with van der Waals surface area (Å²) in [6.07, 6.45) is 0. The third-order valence-corrected chi connectivity index (χ3v) is 3.55. The molecule has 0 aromatic heterocycles. The predicted molar refractivity (Wildman–Crippen MR) is 86.8 cm³/mol. The van der Waals surface area contributed by atoms with E-state index in [1.165, 1.54) is 36.4 Å². The number of hydrogen-bond donors (Lipinski definition) is 2. The van der Waals surface area contributed by atoms with Gasteiger partial charge in [0.25, 0.3) is 0 Å². The van der Waals surface area contributed by atoms with E-state index in [0.717, 1.165) is 0 Å². The lowest BCUT2D eigenvalue weighted by atomic mass is 9.93. The van der Waals surface area contributed by atoms with Crippen molar-refractivity contribution in [3.05, 3.63) is 59.2 Å². The molecule has 0 heterocycles. The first-order chi connectivity index (χ1) is 11.0. The van der Waals surface area contributed by atoms with Crippen molar-refractivity contribution in [3.8, 4) is 5.75 Å². The maximum absolute atomic E-state index is 12.4. The molecule has 1 aliphatic carbocycles. The zero-order valence-electron chi connectivity index (χ0n) is 12.9. The van der Waals surface area contributed by atoms with Gasteiger partial charge in [-0.25, -0.2) is 0 Å². The number of nitrogens with two attached hydrogens (primary N) is 1. The summed E-state index contributed by atoms with van der Waals surface area (Å²) >= 11 is 0. The maximum atomic E-state index is 12.4. The van der Waals surface area contributed by atoms with E-state index in [-0.39, 0.29) is 28.1 Å². The average Bonchev–Trinajstić information content (AvgIpc) is 2.82. The molecule has 23 heavy (non-hydrogen) atoms. The molecule has 0 bridgehead atoms. The van der Waals surface area contributed by atoms with Crippen LogP contribution in [0.5, 0.6) is 5.75 Å². The lowest BCUT2D eigenvalue weighted by molar-refractivity contribution is 0.0757. The van der Waals surface area contributed by atoms with Gasteiger partial charge in [-0.05, 0) is 30.3 Å². The number of phenolic OH excluding ortho intramolecular Hbond substituents is 1. The van der Waals surface area contributed by atoms with Gasteiger partial charge in [0.2, 0.25) is 0 Å². The van der Waals surface area contributed by atoms with Crippen molar-refractivity contribution < 1.29 is 19.5 Å². The van der Waals surface area contributed by atoms with Crippen LogP contribution in [0.2, 0.25) is 0 Å². The van der Waals surface area contributed by atoms with Crippen LogP contribution in [0.25, 0.3) is 0 Å². The minimum Gasteiger partial charge on any atom is -0.508 e. The molecule has 1 atom stereocenters. The molecule has 118 valence electrons. The second kappa shape index (κ2) is 6.44. The number of benzene rings is 2. The molecule has 5 heteroatoms. The van der Waals surface area contributed by atoms with Crippen molar-refractivity contribution in [3.63, 3.8) is 0 Å². The summed E-state index contributed by atoms with van der Waals surface area (Å²) in [5.41, 5.74) is 6.45. The Morgan fingerprint density at radius 3 is 2.17 bits per heavy atom. The second-order valence-electron chi connectivity index (χ2n) is 4.84. The molecule has 0 saturated carbocycles. The predicted octanol–water partition coefficient (Wildman–Crippen LogP) is 2.88. The highest BCUT2D eigenvalue weighted by Gasteiger charge is 2.44. The Morgan fingerprint density at radius 1 is 1.00 bits per heavy atom. The summed E-state index contributed by atoms with van der Waals surface area (Å²) in [6.45, 7) is 4.00. The van der Waals surface area contributed by atoms with E-state index in [4.69, 9.17) is 5.73 Å². The topological polar surface area (TPSA) is 97.5 Å². The fourth-order valence-electron chi connectivity index (χ4n) is 2.50. The molecule has 0 aliphatic heterocycles. The van der Waals surface area contributed by atoms with Crippen LogP contribution >= 0.6 is 0 Å². The Balaban J connectivity index is 0.000000924. The number of carbonyl (C=O) groups is 3. The zero-order valence-corrected chi connectivity index (χ0v) is 12.9. The molecule has 0 radical (unpaired) electrons. The Labute approximate surface area is 133 Å². The number of nitrogen functional groups attached to an aromatic ring is 1. The first kappa shape index (κ1) is 16.4. The molecular formula is C18H17NO4. The van der Waals surface area contributed by atoms with Crippen LogP contribution in [0.15, 0.2) is 42.5 Å². The number of hydrogen-bond acceptors (Lipinski definition) is 5. The van der Waals surface area contributed by atoms with E-state index in [1.807, 2.05) is 13.8 Å². The molecule has 0 fully saturated rings. The molecule has 1 aliphatic rings. The van der Waals surface area contributed by atoms with Crippen LogP contribution < -0.4 is 5.73 Å². The number of phenols is 1. The van der Waals surface area contributed by atoms with Gasteiger partial charge in [0.1, 0.15) is 11.7 Å². The van der Waals surface area contributed by atoms with Crippen molar-refractivity contribution in [2.45, 2.75) is 13.8 Å². The zero-order chi connectivity index (χ0) is 17.1. The van der Waals surface area contributed by atoms with Crippen molar-refractivity contribution in [2.24, 2.45) is 5.92 Å². The molecule has 0 amide bonds. The van der Waals surface area contributed by atoms with Crippen molar-refractivity contribution >= 4 is 23.0 Å². The number of carbonyl (C=O) groups excluding carboxylic acids is 3. The fraction of sp³-hybridized carbons (Fsp3) is 0.167. The number of aromatic hydroxyl groups is 1. The number of ketones is 3. The van der Waals surface area contributed by atoms with Crippen LogP contribution in [0, 0.1) is 5.92 Å². The fourth-order valence-corrected chi connectivity index (χ4v) is 2.50. The highest BCUT2D eigenvalue weighted by atomic mass is 16.3. The van der Waals surface area contributed by atoms with E-state index in [0.29, 0.717) is 0 Å². The Kier molecular flexibility index (Phi) is 4.60. The monoisotopic (exact) mass is 311 g/mol. The minimum atomic E-state index is -1.38. The third-order valence-electron chi connectivity index (χ3n) is 3.55. The van der Waals surface area contributed by atoms with E-state index in [1.54, 1.807) is 6.07 Å². The summed E-state index contributed by atoms with van der Waals surface area (Å²) in [5.74, 6) is -3.05. The van der Waals surface area contributed by atoms with Gasteiger partial charge in [-0.2, -0.15) is 0 Å². The Morgan fingerprint density at radius 2 is 1.61 bits per heavy atom. The highest BCUT2D eigenvalue weighted by Crippen LogP contribution is 2.32. The SMILES string of the molecule is CC.Nc1cccc2c1C(=O)C(C(=O)c1ccc(O)cc1)C2=O. The van der Waals surface area contributed by atoms with Crippen LogP contribution in [-0.4, -0.2) is 22.5 Å². The van der Waals surface area contributed by atoms with E-state index in [9.17, 15) is 19.5 Å². The summed E-state index contributed by atoms with van der Waals surface area (Å²) < 4.78 is 0. The summed E-state index contributed by atoms with van der Waals surface area (Å²) in [5, 5.41) is 9.22. The van der Waals surface area contributed by atoms with Gasteiger partial charge < -0.3 is 10.8 Å². The molecule has 0 spiro atoms. The van der Waals surface area contributed by atoms with Crippen LogP contribution in [0.3, 0.4) is 0 Å². The first-order valence-corrected chi connectivity index (χ1v) is 7.31. The normalized spacial score (nSPS) is 15.7. The summed E-state index contributed by atoms with van der Waals surface area (Å²) in [4.78, 5) is 37.0. The summed E-state index contributed by atoms with van der Waals surface area (Å²) in [7, 11) is 0. The van der Waals surface area contributed by atoms with Crippen LogP contribution in [-0.2, 0) is 0 Å². The van der Waals surface area contributed by atoms with Gasteiger partial charge in [0.15, 0.2) is 17.3 Å². The molecule has 3 N–H and O–H groups in total. The quantitative estimate of drug-likeness (QED) is 0.505. The van der Waals surface area contributed by atoms with Crippen LogP contribution in [0.1, 0.15) is 44.9 Å². The number of fused-ring (bicyclic) bond motifs is 1. The molecule has 2 aromatic rings. The third kappa shape index (κ3) is 2.73. The molecule has 2 aromatic carbocycles. The summed E-state index contributed by atoms with van der Waals surface area (Å²) in [6, 6.07) is 10.0. The van der Waals surface area contributed by atoms with Gasteiger partial charge in [0.05, 0.1) is 5.56 Å². The molecular weight excluding hydrogens is 294 g/mol. The number of Topliss-reactive ketones (excluding diaryl/α,β-unsaturated/α-hetero) is 3. The first-order valence-electron chi connectivity index (χ1n) is 7.31. The van der Waals surface area contributed by atoms with E-state index in [2.05, 4.69) is 0 Å². The van der Waals surface area contributed by atoms with Crippen molar-refractivity contribution in [1.29, 1.82) is 0 Å². The van der Waals surface area contributed by atoms with E-state index >= 15 is 0 Å². The van der Waals surface area contributed by atoms with Crippen molar-refractivity contribution in [2.75, 3.05) is 5.73 Å². The van der Waals surface area contributed by atoms with Gasteiger partial charge in [-0.15, -0.1) is 0 Å². The molecule has 5 nitrogen and oxygen atoms in total. The van der Waals surface area contributed by atoms with Crippen molar-refractivity contribution in [1.82, 2.24) is 0 Å². The smallest absolute Gasteiger partial charge is 0.184 e. The van der Waals surface area contributed by atoms with Gasteiger partial charge in [0, 0.05) is 16.8 Å². The maximum Gasteiger partial charge on any atom is 0.184 e. The standard InChI is InChI=1S/C16H11NO4.C2H6/c17-11-3-1-2-10-12(11)16(21)13(15(10)20)14(19)8-4-6-9(18)7-5-8;1-2/h1-7,13,18H,17H2;1-2H3. The average molecular weight is 311 g/mol. The van der Waals surface area contributed by atoms with E-state index < -0.39 is 23.3 Å². The van der Waals surface area contributed by atoms with Gasteiger partial charge in [-0.3, -0.25) is 14.4 Å². The van der Waals surface area contributed by atoms with Gasteiger partial charge >= 0.3 is 0 Å². The molecule has 0 saturated heterocycles. The Hall–Kier alpha value is -2.95. The Bertz CT molecular complexity index is 778. The largest absolute Gasteiger partial charge is 0.508 e. The number of anilines is 1. The van der Waals surface area contributed by atoms with Crippen LogP contribution in [0.4, 0.5) is 5.69 Å². The minimum absolute atomic E-state index is 0.00292. The van der Waals surface area contributed by atoms with Gasteiger partial charge in [-0.1, -0.05) is 26.0 Å². The lowest BCUT2D eigenvalue weighted by Gasteiger charge is -2.06.